The molecule has 2 rings (SSSR count). The van der Waals surface area contributed by atoms with Crippen LogP contribution in [0.15, 0.2) is 18.2 Å². The van der Waals surface area contributed by atoms with Gasteiger partial charge in [-0.05, 0) is 31.9 Å². The number of carbonyl (C=O) groups excluding carboxylic acids is 1. The summed E-state index contributed by atoms with van der Waals surface area (Å²) in [6, 6.07) is 3.94. The zero-order valence-electron chi connectivity index (χ0n) is 10.1. The highest BCUT2D eigenvalue weighted by molar-refractivity contribution is 5.98. The second-order valence-corrected chi connectivity index (χ2v) is 4.44. The summed E-state index contributed by atoms with van der Waals surface area (Å²) in [5, 5.41) is 18.6. The first kappa shape index (κ1) is 12.4. The van der Waals surface area contributed by atoms with E-state index in [4.69, 9.17) is 5.11 Å². The van der Waals surface area contributed by atoms with Gasteiger partial charge in [-0.3, -0.25) is 4.79 Å². The Morgan fingerprint density at radius 3 is 2.78 bits per heavy atom. The van der Waals surface area contributed by atoms with E-state index in [2.05, 4.69) is 0 Å². The van der Waals surface area contributed by atoms with Crippen molar-refractivity contribution in [1.82, 2.24) is 4.90 Å². The number of hydrogen-bond acceptors (Lipinski definition) is 3. The molecule has 0 aliphatic carbocycles. The highest BCUT2D eigenvalue weighted by Gasteiger charge is 2.34. The second-order valence-electron chi connectivity index (χ2n) is 4.44. The number of amides is 1. The van der Waals surface area contributed by atoms with Gasteiger partial charge in [0.1, 0.15) is 11.8 Å². The van der Waals surface area contributed by atoms with Gasteiger partial charge in [0, 0.05) is 17.7 Å². The van der Waals surface area contributed by atoms with E-state index in [1.165, 1.54) is 11.0 Å². The lowest BCUT2D eigenvalue weighted by molar-refractivity contribution is -0.141. The van der Waals surface area contributed by atoms with Gasteiger partial charge in [-0.2, -0.15) is 0 Å². The Kier molecular flexibility index (Phi) is 3.23. The maximum absolute atomic E-state index is 12.3. The Balaban J connectivity index is 2.31. The number of nitrogens with zero attached hydrogens (tertiary/aromatic N) is 1. The van der Waals surface area contributed by atoms with Gasteiger partial charge in [0.05, 0.1) is 0 Å². The predicted molar refractivity (Wildman–Crippen MR) is 64.5 cm³/mol. The van der Waals surface area contributed by atoms with Crippen molar-refractivity contribution >= 4 is 11.9 Å². The molecule has 1 heterocycles. The molecule has 0 unspecified atom stereocenters. The molecule has 0 aromatic heterocycles. The molecule has 1 aliphatic heterocycles. The Hall–Kier alpha value is -2.04. The van der Waals surface area contributed by atoms with Gasteiger partial charge in [-0.15, -0.1) is 0 Å². The summed E-state index contributed by atoms with van der Waals surface area (Å²) >= 11 is 0. The molecule has 2 N–H and O–H groups in total. The molecule has 0 spiro atoms. The molecule has 1 saturated heterocycles. The number of phenolic OH excluding ortho intramolecular Hbond substituents is 1. The van der Waals surface area contributed by atoms with Crippen LogP contribution in [0.25, 0.3) is 0 Å². The standard InChI is InChI=1S/C13H15NO4/c1-8-9(4-2-6-11(8)15)12(16)14-7-3-5-10(14)13(17)18/h2,4,6,10,15H,3,5,7H2,1H3,(H,17,18)/t10-/m1/s1. The van der Waals surface area contributed by atoms with E-state index >= 15 is 0 Å². The summed E-state index contributed by atoms with van der Waals surface area (Å²) in [6.45, 7) is 2.10. The van der Waals surface area contributed by atoms with E-state index in [-0.39, 0.29) is 11.7 Å². The lowest BCUT2D eigenvalue weighted by Gasteiger charge is -2.22. The summed E-state index contributed by atoms with van der Waals surface area (Å²) in [6.07, 6.45) is 1.18. The summed E-state index contributed by atoms with van der Waals surface area (Å²) < 4.78 is 0. The van der Waals surface area contributed by atoms with Crippen molar-refractivity contribution in [2.75, 3.05) is 6.54 Å². The largest absolute Gasteiger partial charge is 0.508 e. The molecule has 5 nitrogen and oxygen atoms in total. The van der Waals surface area contributed by atoms with Gasteiger partial charge in [-0.25, -0.2) is 4.79 Å². The summed E-state index contributed by atoms with van der Waals surface area (Å²) in [5.74, 6) is -1.25. The minimum Gasteiger partial charge on any atom is -0.508 e. The zero-order valence-corrected chi connectivity index (χ0v) is 10.1. The molecule has 5 heteroatoms. The number of likely N-dealkylation sites (tertiary alicyclic amines) is 1. The molecule has 1 aliphatic rings. The fourth-order valence-electron chi connectivity index (χ4n) is 2.28. The maximum Gasteiger partial charge on any atom is 0.326 e. The minimum absolute atomic E-state index is 0.0481. The van der Waals surface area contributed by atoms with E-state index in [0.717, 1.165) is 0 Å². The number of hydrogen-bond donors (Lipinski definition) is 2. The fourth-order valence-corrected chi connectivity index (χ4v) is 2.28. The molecule has 1 aromatic carbocycles. The second kappa shape index (κ2) is 4.68. The number of phenols is 1. The van der Waals surface area contributed by atoms with Gasteiger partial charge in [0.15, 0.2) is 0 Å². The molecule has 1 aromatic rings. The average Bonchev–Trinajstić information content (AvgIpc) is 2.81. The monoisotopic (exact) mass is 249 g/mol. The van der Waals surface area contributed by atoms with Crippen molar-refractivity contribution in [3.8, 4) is 5.75 Å². The molecule has 0 saturated carbocycles. The summed E-state index contributed by atoms with van der Waals surface area (Å²) in [5.41, 5.74) is 0.849. The predicted octanol–water partition coefficient (Wildman–Crippen LogP) is 1.39. The number of benzene rings is 1. The van der Waals surface area contributed by atoms with Gasteiger partial charge >= 0.3 is 5.97 Å². The first-order chi connectivity index (χ1) is 8.52. The Morgan fingerprint density at radius 2 is 2.11 bits per heavy atom. The third-order valence-corrected chi connectivity index (χ3v) is 3.33. The van der Waals surface area contributed by atoms with Crippen molar-refractivity contribution in [2.45, 2.75) is 25.8 Å². The van der Waals surface area contributed by atoms with E-state index in [0.29, 0.717) is 30.5 Å². The van der Waals surface area contributed by atoms with Gasteiger partial charge in [0.25, 0.3) is 5.91 Å². The van der Waals surface area contributed by atoms with E-state index in [9.17, 15) is 14.7 Å². The lowest BCUT2D eigenvalue weighted by Crippen LogP contribution is -2.40. The fraction of sp³-hybridized carbons (Fsp3) is 0.385. The van der Waals surface area contributed by atoms with Crippen LogP contribution in [0.5, 0.6) is 5.75 Å². The summed E-state index contributed by atoms with van der Waals surface area (Å²) in [4.78, 5) is 24.7. The van der Waals surface area contributed by atoms with E-state index < -0.39 is 12.0 Å². The van der Waals surface area contributed by atoms with Crippen LogP contribution < -0.4 is 0 Å². The van der Waals surface area contributed by atoms with Crippen molar-refractivity contribution in [3.63, 3.8) is 0 Å². The van der Waals surface area contributed by atoms with Gasteiger partial charge in [-0.1, -0.05) is 6.07 Å². The van der Waals surface area contributed by atoms with Crippen LogP contribution in [0.4, 0.5) is 0 Å². The number of carboxylic acids is 1. The van der Waals surface area contributed by atoms with Crippen LogP contribution in [0, 0.1) is 6.92 Å². The zero-order chi connectivity index (χ0) is 13.3. The minimum atomic E-state index is -0.973. The number of aromatic hydroxyl groups is 1. The molecule has 18 heavy (non-hydrogen) atoms. The Morgan fingerprint density at radius 1 is 1.39 bits per heavy atom. The molecule has 0 radical (unpaired) electrons. The molecule has 1 fully saturated rings. The first-order valence-electron chi connectivity index (χ1n) is 5.84. The van der Waals surface area contributed by atoms with Crippen molar-refractivity contribution in [2.24, 2.45) is 0 Å². The van der Waals surface area contributed by atoms with Crippen LogP contribution in [-0.4, -0.2) is 39.6 Å². The highest BCUT2D eigenvalue weighted by Crippen LogP contribution is 2.25. The van der Waals surface area contributed by atoms with Gasteiger partial charge < -0.3 is 15.1 Å². The van der Waals surface area contributed by atoms with Crippen molar-refractivity contribution in [3.05, 3.63) is 29.3 Å². The maximum atomic E-state index is 12.3. The topological polar surface area (TPSA) is 77.8 Å². The van der Waals surface area contributed by atoms with Crippen LogP contribution in [0.2, 0.25) is 0 Å². The lowest BCUT2D eigenvalue weighted by atomic mass is 10.1. The molecule has 1 atom stereocenters. The number of carbonyl (C=O) groups is 2. The SMILES string of the molecule is Cc1c(O)cccc1C(=O)N1CCC[C@@H]1C(=O)O. The van der Waals surface area contributed by atoms with Gasteiger partial charge in [0.2, 0.25) is 0 Å². The normalized spacial score (nSPS) is 18.9. The van der Waals surface area contributed by atoms with Crippen molar-refractivity contribution in [1.29, 1.82) is 0 Å². The van der Waals surface area contributed by atoms with E-state index in [1.807, 2.05) is 0 Å². The van der Waals surface area contributed by atoms with Crippen LogP contribution in [-0.2, 0) is 4.79 Å². The Labute approximate surface area is 105 Å². The molecule has 96 valence electrons. The van der Waals surface area contributed by atoms with Crippen LogP contribution in [0.1, 0.15) is 28.8 Å². The highest BCUT2D eigenvalue weighted by atomic mass is 16.4. The number of aliphatic carboxylic acids is 1. The van der Waals surface area contributed by atoms with Crippen LogP contribution >= 0.6 is 0 Å². The first-order valence-corrected chi connectivity index (χ1v) is 5.84. The van der Waals surface area contributed by atoms with Crippen molar-refractivity contribution < 1.29 is 19.8 Å². The molecule has 0 bridgehead atoms. The quantitative estimate of drug-likeness (QED) is 0.830. The molecular formula is C13H15NO4. The van der Waals surface area contributed by atoms with E-state index in [1.54, 1.807) is 19.1 Å². The molecular weight excluding hydrogens is 234 g/mol. The third kappa shape index (κ3) is 2.03. The smallest absolute Gasteiger partial charge is 0.326 e. The Bertz CT molecular complexity index is 498. The molecule has 1 amide bonds. The third-order valence-electron chi connectivity index (χ3n) is 3.33. The average molecular weight is 249 g/mol. The number of carboxylic acid groups (broad SMARTS) is 1. The summed E-state index contributed by atoms with van der Waals surface area (Å²) in [7, 11) is 0. The number of rotatable bonds is 2. The van der Waals surface area contributed by atoms with Crippen LogP contribution in [0.3, 0.4) is 0 Å².